The van der Waals surface area contributed by atoms with Crippen LogP contribution in [-0.2, 0) is 33.3 Å². The van der Waals surface area contributed by atoms with E-state index < -0.39 is 47.7 Å². The van der Waals surface area contributed by atoms with Gasteiger partial charge in [-0.2, -0.15) is 0 Å². The van der Waals surface area contributed by atoms with Crippen molar-refractivity contribution in [1.29, 1.82) is 0 Å². The van der Waals surface area contributed by atoms with Crippen LogP contribution in [0.1, 0.15) is 40.5 Å². The summed E-state index contributed by atoms with van der Waals surface area (Å²) in [5.74, 6) is -2.01. The van der Waals surface area contributed by atoms with Crippen LogP contribution in [0.15, 0.2) is 36.0 Å². The molecule has 152 valence electrons. The molecule has 0 aromatic carbocycles. The number of epoxide rings is 1. The van der Waals surface area contributed by atoms with Crippen molar-refractivity contribution in [3.8, 4) is 0 Å². The minimum Gasteiger partial charge on any atom is -0.458 e. The molecule has 0 bridgehead atoms. The molecule has 0 aromatic rings. The molecule has 0 aromatic heterocycles. The third kappa shape index (κ3) is 3.90. The number of carbonyl (C=O) groups is 3. The van der Waals surface area contributed by atoms with Gasteiger partial charge in [-0.05, 0) is 32.4 Å². The Hall–Kier alpha value is -2.41. The van der Waals surface area contributed by atoms with Gasteiger partial charge < -0.3 is 18.9 Å². The van der Waals surface area contributed by atoms with Crippen LogP contribution in [0.4, 0.5) is 0 Å². The number of rotatable bonds is 3. The molecule has 3 rings (SSSR count). The van der Waals surface area contributed by atoms with Crippen molar-refractivity contribution in [2.45, 2.75) is 70.6 Å². The average molecular weight is 390 g/mol. The number of esters is 3. The monoisotopic (exact) mass is 390 g/mol. The Kier molecular flexibility index (Phi) is 5.23. The first-order valence-corrected chi connectivity index (χ1v) is 9.31. The lowest BCUT2D eigenvalue weighted by Crippen LogP contribution is -2.38. The van der Waals surface area contributed by atoms with Crippen molar-refractivity contribution in [2.24, 2.45) is 5.92 Å². The van der Waals surface area contributed by atoms with Crippen LogP contribution in [0.3, 0.4) is 0 Å². The van der Waals surface area contributed by atoms with E-state index in [-0.39, 0.29) is 17.3 Å². The number of hydrogen-bond donors (Lipinski definition) is 0. The van der Waals surface area contributed by atoms with Gasteiger partial charge in [0.15, 0.2) is 0 Å². The summed E-state index contributed by atoms with van der Waals surface area (Å²) < 4.78 is 22.5. The summed E-state index contributed by atoms with van der Waals surface area (Å²) in [6, 6.07) is 0. The molecule has 3 aliphatic rings. The zero-order valence-corrected chi connectivity index (χ0v) is 16.7. The lowest BCUT2D eigenvalue weighted by Gasteiger charge is -2.29. The molecule has 2 unspecified atom stereocenters. The summed E-state index contributed by atoms with van der Waals surface area (Å²) in [5, 5.41) is 0. The Bertz CT molecular complexity index is 780. The van der Waals surface area contributed by atoms with Gasteiger partial charge in [-0.25, -0.2) is 9.59 Å². The Morgan fingerprint density at radius 2 is 1.96 bits per heavy atom. The fourth-order valence-corrected chi connectivity index (χ4v) is 3.92. The van der Waals surface area contributed by atoms with E-state index in [1.54, 1.807) is 13.0 Å². The quantitative estimate of drug-likeness (QED) is 0.240. The van der Waals surface area contributed by atoms with Crippen LogP contribution < -0.4 is 0 Å². The highest BCUT2D eigenvalue weighted by atomic mass is 16.6. The van der Waals surface area contributed by atoms with Crippen molar-refractivity contribution in [3.63, 3.8) is 0 Å². The highest BCUT2D eigenvalue weighted by Gasteiger charge is 2.58. The SMILES string of the molecule is C=C(C)C(=O)OC1C[C@@]2(C)O[C@@H]2CC(OC(C)=O)/C(C)=C\[C@H]2OC(=O)C(=C)[C@H]12. The molecule has 2 fully saturated rings. The molecule has 2 heterocycles. The van der Waals surface area contributed by atoms with Crippen molar-refractivity contribution < 1.29 is 33.3 Å². The van der Waals surface area contributed by atoms with Gasteiger partial charge in [0.1, 0.15) is 18.3 Å². The molecule has 0 spiro atoms. The lowest BCUT2D eigenvalue weighted by molar-refractivity contribution is -0.149. The van der Waals surface area contributed by atoms with Gasteiger partial charge in [-0.15, -0.1) is 0 Å². The van der Waals surface area contributed by atoms with Crippen molar-refractivity contribution in [2.75, 3.05) is 0 Å². The van der Waals surface area contributed by atoms with E-state index in [1.165, 1.54) is 6.92 Å². The molecule has 28 heavy (non-hydrogen) atoms. The zero-order chi connectivity index (χ0) is 20.8. The van der Waals surface area contributed by atoms with Crippen molar-refractivity contribution in [3.05, 3.63) is 36.0 Å². The second-order valence-electron chi connectivity index (χ2n) is 8.01. The number of carbonyl (C=O) groups excluding carboxylic acids is 3. The van der Waals surface area contributed by atoms with Crippen LogP contribution >= 0.6 is 0 Å². The van der Waals surface area contributed by atoms with E-state index >= 15 is 0 Å². The van der Waals surface area contributed by atoms with E-state index in [4.69, 9.17) is 18.9 Å². The third-order valence-corrected chi connectivity index (χ3v) is 5.58. The second kappa shape index (κ2) is 7.20. The predicted molar refractivity (Wildman–Crippen MR) is 99.0 cm³/mol. The topological polar surface area (TPSA) is 91.4 Å². The van der Waals surface area contributed by atoms with Gasteiger partial charge in [-0.3, -0.25) is 4.79 Å². The maximum absolute atomic E-state index is 12.2. The molecule has 0 amide bonds. The number of fused-ring (bicyclic) bond motifs is 2. The van der Waals surface area contributed by atoms with Gasteiger partial charge in [0.25, 0.3) is 0 Å². The smallest absolute Gasteiger partial charge is 0.334 e. The fraction of sp³-hybridized carbons (Fsp3) is 0.571. The summed E-state index contributed by atoms with van der Waals surface area (Å²) in [6.07, 6.45) is 0.638. The summed E-state index contributed by atoms with van der Waals surface area (Å²) in [4.78, 5) is 35.9. The molecular weight excluding hydrogens is 364 g/mol. The molecule has 2 aliphatic heterocycles. The van der Waals surface area contributed by atoms with Crippen LogP contribution in [0.5, 0.6) is 0 Å². The Morgan fingerprint density at radius 3 is 2.57 bits per heavy atom. The average Bonchev–Trinajstić information content (AvgIpc) is 3.11. The highest BCUT2D eigenvalue weighted by molar-refractivity contribution is 5.91. The van der Waals surface area contributed by atoms with Gasteiger partial charge in [-0.1, -0.05) is 13.2 Å². The lowest BCUT2D eigenvalue weighted by atomic mass is 9.82. The first kappa shape index (κ1) is 20.3. The molecule has 2 saturated heterocycles. The first-order chi connectivity index (χ1) is 13.0. The molecule has 7 nitrogen and oxygen atoms in total. The Morgan fingerprint density at radius 1 is 1.29 bits per heavy atom. The van der Waals surface area contributed by atoms with Gasteiger partial charge in [0.2, 0.25) is 0 Å². The summed E-state index contributed by atoms with van der Waals surface area (Å²) in [6.45, 7) is 14.1. The van der Waals surface area contributed by atoms with Crippen LogP contribution in [0.25, 0.3) is 0 Å². The maximum atomic E-state index is 12.2. The molecule has 7 heteroatoms. The Labute approximate surface area is 164 Å². The van der Waals surface area contributed by atoms with E-state index in [1.807, 2.05) is 13.8 Å². The molecule has 0 saturated carbocycles. The first-order valence-electron chi connectivity index (χ1n) is 9.31. The third-order valence-electron chi connectivity index (χ3n) is 5.58. The molecule has 0 N–H and O–H groups in total. The van der Waals surface area contributed by atoms with Gasteiger partial charge in [0, 0.05) is 30.9 Å². The predicted octanol–water partition coefficient (Wildman–Crippen LogP) is 2.40. The van der Waals surface area contributed by atoms with Crippen LogP contribution in [-0.4, -0.2) is 47.9 Å². The summed E-state index contributed by atoms with van der Waals surface area (Å²) in [7, 11) is 0. The maximum Gasteiger partial charge on any atom is 0.334 e. The fourth-order valence-electron chi connectivity index (χ4n) is 3.92. The van der Waals surface area contributed by atoms with Gasteiger partial charge >= 0.3 is 17.9 Å². The highest BCUT2D eigenvalue weighted by Crippen LogP contribution is 2.48. The minimum atomic E-state index is -0.667. The largest absolute Gasteiger partial charge is 0.458 e. The normalized spacial score (nSPS) is 38.9. The molecule has 6 atom stereocenters. The zero-order valence-electron chi connectivity index (χ0n) is 16.7. The van der Waals surface area contributed by atoms with E-state index in [0.29, 0.717) is 12.8 Å². The number of hydrogen-bond acceptors (Lipinski definition) is 7. The molecular formula is C21H26O7. The van der Waals surface area contributed by atoms with Crippen LogP contribution in [0.2, 0.25) is 0 Å². The minimum absolute atomic E-state index is 0.158. The van der Waals surface area contributed by atoms with E-state index in [9.17, 15) is 14.4 Å². The summed E-state index contributed by atoms with van der Waals surface area (Å²) >= 11 is 0. The van der Waals surface area contributed by atoms with E-state index in [2.05, 4.69) is 13.2 Å². The molecule has 1 aliphatic carbocycles. The summed E-state index contributed by atoms with van der Waals surface area (Å²) in [5.41, 5.74) is 0.702. The van der Waals surface area contributed by atoms with E-state index in [0.717, 1.165) is 5.57 Å². The van der Waals surface area contributed by atoms with Gasteiger partial charge in [0.05, 0.1) is 17.6 Å². The standard InChI is InChI=1S/C21H26O7/c1-10(2)19(23)27-16-9-21(6)17(28-21)8-14(25-13(5)22)11(3)7-15-18(16)12(4)20(24)26-15/h7,14-18H,1,4,8-9H2,2-3,5-6H3/b11-7-/t14?,15-,16?,17-,18+,21-/m1/s1. The van der Waals surface area contributed by atoms with Crippen molar-refractivity contribution >= 4 is 17.9 Å². The second-order valence-corrected chi connectivity index (χ2v) is 8.01. The Balaban J connectivity index is 1.99. The van der Waals surface area contributed by atoms with Crippen LogP contribution in [0, 0.1) is 5.92 Å². The van der Waals surface area contributed by atoms with Crippen molar-refractivity contribution in [1.82, 2.24) is 0 Å². The molecule has 0 radical (unpaired) electrons. The number of ether oxygens (including phenoxy) is 4.